The molecule has 0 fully saturated rings. The zero-order chi connectivity index (χ0) is 24.7. The highest BCUT2D eigenvalue weighted by Crippen LogP contribution is 2.20. The fraction of sp³-hybridized carbons (Fsp3) is 0.154. The van der Waals surface area contributed by atoms with Crippen molar-refractivity contribution < 1.29 is 17.9 Å². The van der Waals surface area contributed by atoms with E-state index in [2.05, 4.69) is 15.1 Å². The first kappa shape index (κ1) is 24.0. The van der Waals surface area contributed by atoms with Crippen LogP contribution in [-0.4, -0.2) is 30.7 Å². The number of sulfonamides is 1. The van der Waals surface area contributed by atoms with Crippen LogP contribution in [0.5, 0.6) is 5.75 Å². The van der Waals surface area contributed by atoms with E-state index in [0.717, 1.165) is 11.1 Å². The number of ether oxygens (including phenoxy) is 1. The molecule has 0 unspecified atom stereocenters. The summed E-state index contributed by atoms with van der Waals surface area (Å²) in [5.74, 6) is 0.356. The minimum absolute atomic E-state index is 0.123. The minimum atomic E-state index is -3.76. The number of hydrogen-bond acceptors (Lipinski definition) is 5. The normalized spacial score (nSPS) is 11.1. The Kier molecular flexibility index (Phi) is 7.47. The van der Waals surface area contributed by atoms with Gasteiger partial charge in [0.2, 0.25) is 0 Å². The molecular formula is C26H26N4O4S. The predicted octanol–water partition coefficient (Wildman–Crippen LogP) is 4.06. The van der Waals surface area contributed by atoms with Crippen molar-refractivity contribution in [2.45, 2.75) is 24.9 Å². The lowest BCUT2D eigenvalue weighted by Crippen LogP contribution is -2.23. The third-order valence-corrected chi connectivity index (χ3v) is 6.59. The van der Waals surface area contributed by atoms with Crippen molar-refractivity contribution in [3.05, 3.63) is 108 Å². The molecule has 0 bridgehead atoms. The third-order valence-electron chi connectivity index (χ3n) is 5.19. The van der Waals surface area contributed by atoms with E-state index in [1.54, 1.807) is 42.6 Å². The van der Waals surface area contributed by atoms with Crippen LogP contribution in [0.1, 0.15) is 28.4 Å². The number of aromatic nitrogens is 2. The summed E-state index contributed by atoms with van der Waals surface area (Å²) in [5.41, 5.74) is 2.86. The highest BCUT2D eigenvalue weighted by molar-refractivity contribution is 7.92. The van der Waals surface area contributed by atoms with E-state index in [4.69, 9.17) is 4.74 Å². The number of carbonyl (C=O) groups is 1. The van der Waals surface area contributed by atoms with Crippen LogP contribution < -0.4 is 14.8 Å². The van der Waals surface area contributed by atoms with Gasteiger partial charge in [0.1, 0.15) is 5.75 Å². The van der Waals surface area contributed by atoms with Gasteiger partial charge in [-0.1, -0.05) is 24.3 Å². The molecule has 0 aliphatic heterocycles. The summed E-state index contributed by atoms with van der Waals surface area (Å²) in [4.78, 5) is 12.7. The molecule has 4 aromatic rings. The topological polar surface area (TPSA) is 102 Å². The molecule has 35 heavy (non-hydrogen) atoms. The number of hydrogen-bond donors (Lipinski definition) is 2. The second kappa shape index (κ2) is 10.9. The molecule has 3 aromatic carbocycles. The Morgan fingerprint density at radius 2 is 1.71 bits per heavy atom. The molecular weight excluding hydrogens is 464 g/mol. The minimum Gasteiger partial charge on any atom is -0.494 e. The molecule has 1 heterocycles. The van der Waals surface area contributed by atoms with Gasteiger partial charge in [-0.2, -0.15) is 5.10 Å². The zero-order valence-corrected chi connectivity index (χ0v) is 20.0. The van der Waals surface area contributed by atoms with Crippen LogP contribution >= 0.6 is 0 Å². The summed E-state index contributed by atoms with van der Waals surface area (Å²) in [6.45, 7) is 3.39. The summed E-state index contributed by atoms with van der Waals surface area (Å²) in [6, 6.07) is 22.3. The van der Waals surface area contributed by atoms with Crippen LogP contribution in [0.4, 0.5) is 5.69 Å². The van der Waals surface area contributed by atoms with Crippen molar-refractivity contribution >= 4 is 21.6 Å². The monoisotopic (exact) mass is 490 g/mol. The van der Waals surface area contributed by atoms with Gasteiger partial charge in [0.05, 0.1) is 18.0 Å². The van der Waals surface area contributed by atoms with Crippen molar-refractivity contribution in [1.82, 2.24) is 15.1 Å². The molecule has 180 valence electrons. The van der Waals surface area contributed by atoms with Crippen molar-refractivity contribution in [3.8, 4) is 5.75 Å². The number of anilines is 1. The first-order chi connectivity index (χ1) is 16.9. The molecule has 0 atom stereocenters. The SMILES string of the molecule is CCOc1ccc(S(=O)(=O)Nc2ccc(C(=O)NCc3cccc(Cn4cccn4)c3)cc2)cc1. The third kappa shape index (κ3) is 6.48. The van der Waals surface area contributed by atoms with Gasteiger partial charge in [0.25, 0.3) is 15.9 Å². The lowest BCUT2D eigenvalue weighted by molar-refractivity contribution is 0.0951. The summed E-state index contributed by atoms with van der Waals surface area (Å²) in [6.07, 6.45) is 3.64. The molecule has 2 N–H and O–H groups in total. The van der Waals surface area contributed by atoms with Crippen LogP contribution in [0.3, 0.4) is 0 Å². The molecule has 0 radical (unpaired) electrons. The Bertz CT molecular complexity index is 1370. The molecule has 4 rings (SSSR count). The van der Waals surface area contributed by atoms with Crippen LogP contribution in [0.15, 0.2) is 96.2 Å². The molecule has 1 amide bonds. The van der Waals surface area contributed by atoms with E-state index in [9.17, 15) is 13.2 Å². The summed E-state index contributed by atoms with van der Waals surface area (Å²) >= 11 is 0. The van der Waals surface area contributed by atoms with Crippen molar-refractivity contribution in [2.75, 3.05) is 11.3 Å². The first-order valence-electron chi connectivity index (χ1n) is 11.1. The van der Waals surface area contributed by atoms with Crippen molar-refractivity contribution in [3.63, 3.8) is 0 Å². The van der Waals surface area contributed by atoms with E-state index >= 15 is 0 Å². The summed E-state index contributed by atoms with van der Waals surface area (Å²) in [7, 11) is -3.76. The highest BCUT2D eigenvalue weighted by Gasteiger charge is 2.15. The number of nitrogens with zero attached hydrogens (tertiary/aromatic N) is 2. The van der Waals surface area contributed by atoms with Gasteiger partial charge >= 0.3 is 0 Å². The maximum Gasteiger partial charge on any atom is 0.261 e. The summed E-state index contributed by atoms with van der Waals surface area (Å²) < 4.78 is 35.0. The smallest absolute Gasteiger partial charge is 0.261 e. The van der Waals surface area contributed by atoms with E-state index in [1.807, 2.05) is 48.1 Å². The predicted molar refractivity (Wildman–Crippen MR) is 134 cm³/mol. The Morgan fingerprint density at radius 3 is 2.40 bits per heavy atom. The van der Waals surface area contributed by atoms with Crippen LogP contribution in [0, 0.1) is 0 Å². The Labute approximate surface area is 204 Å². The van der Waals surface area contributed by atoms with Crippen LogP contribution in [0.25, 0.3) is 0 Å². The van der Waals surface area contributed by atoms with Gasteiger partial charge in [-0.3, -0.25) is 14.2 Å². The molecule has 8 nitrogen and oxygen atoms in total. The first-order valence-corrected chi connectivity index (χ1v) is 12.6. The molecule has 0 aliphatic carbocycles. The fourth-order valence-electron chi connectivity index (χ4n) is 3.49. The second-order valence-electron chi connectivity index (χ2n) is 7.79. The number of nitrogens with one attached hydrogen (secondary N) is 2. The van der Waals surface area contributed by atoms with Gasteiger partial charge in [0.15, 0.2) is 0 Å². The van der Waals surface area contributed by atoms with Gasteiger partial charge in [-0.15, -0.1) is 0 Å². The largest absolute Gasteiger partial charge is 0.494 e. The highest BCUT2D eigenvalue weighted by atomic mass is 32.2. The van der Waals surface area contributed by atoms with E-state index in [1.165, 1.54) is 12.1 Å². The molecule has 0 saturated carbocycles. The standard InChI is InChI=1S/C26H26N4O4S/c1-2-34-24-11-13-25(14-12-24)35(32,33)29-23-9-7-22(8-10-23)26(31)27-18-20-5-3-6-21(17-20)19-30-16-4-15-28-30/h3-17,29H,2,18-19H2,1H3,(H,27,31). The zero-order valence-electron chi connectivity index (χ0n) is 19.2. The molecule has 0 saturated heterocycles. The Morgan fingerprint density at radius 1 is 0.971 bits per heavy atom. The lowest BCUT2D eigenvalue weighted by Gasteiger charge is -2.10. The van der Waals surface area contributed by atoms with Gasteiger partial charge < -0.3 is 10.1 Å². The molecule has 1 aromatic heterocycles. The number of amides is 1. The second-order valence-corrected chi connectivity index (χ2v) is 9.48. The van der Waals surface area contributed by atoms with E-state index < -0.39 is 10.0 Å². The van der Waals surface area contributed by atoms with Gasteiger partial charge in [0, 0.05) is 30.2 Å². The van der Waals surface area contributed by atoms with Crippen molar-refractivity contribution in [1.29, 1.82) is 0 Å². The summed E-state index contributed by atoms with van der Waals surface area (Å²) in [5, 5.41) is 7.11. The van der Waals surface area contributed by atoms with Gasteiger partial charge in [-0.05, 0) is 72.6 Å². The molecule has 0 aliphatic rings. The number of carbonyl (C=O) groups excluding carboxylic acids is 1. The lowest BCUT2D eigenvalue weighted by atomic mass is 10.1. The number of rotatable bonds is 10. The molecule has 0 spiro atoms. The average Bonchev–Trinajstić information content (AvgIpc) is 3.37. The Balaban J connectivity index is 1.34. The van der Waals surface area contributed by atoms with E-state index in [-0.39, 0.29) is 10.8 Å². The molecule has 9 heteroatoms. The fourth-order valence-corrected chi connectivity index (χ4v) is 4.55. The van der Waals surface area contributed by atoms with E-state index in [0.29, 0.717) is 36.7 Å². The Hall–Kier alpha value is -4.11. The number of benzene rings is 3. The van der Waals surface area contributed by atoms with Crippen LogP contribution in [-0.2, 0) is 23.1 Å². The van der Waals surface area contributed by atoms with Crippen LogP contribution in [0.2, 0.25) is 0 Å². The quantitative estimate of drug-likeness (QED) is 0.349. The maximum atomic E-state index is 12.6. The van der Waals surface area contributed by atoms with Gasteiger partial charge in [-0.25, -0.2) is 8.42 Å². The van der Waals surface area contributed by atoms with Crippen molar-refractivity contribution in [2.24, 2.45) is 0 Å². The average molecular weight is 491 g/mol. The maximum absolute atomic E-state index is 12.6.